The number of hydrogen-bond acceptors (Lipinski definition) is 4. The summed E-state index contributed by atoms with van der Waals surface area (Å²) >= 11 is 5.02. The molecule has 1 aliphatic rings. The first-order valence-corrected chi connectivity index (χ1v) is 5.66. The Morgan fingerprint density at radius 3 is 2.93 bits per heavy atom. The van der Waals surface area contributed by atoms with Crippen molar-refractivity contribution in [2.75, 3.05) is 20.2 Å². The molecule has 0 aromatic carbocycles. The first kappa shape index (κ1) is 12.4. The van der Waals surface area contributed by atoms with Crippen LogP contribution >= 0.6 is 12.2 Å². The molecular weight excluding hydrogens is 212 g/mol. The van der Waals surface area contributed by atoms with Gasteiger partial charge in [-0.2, -0.15) is 0 Å². The number of nitrogens with two attached hydrogens (primary N) is 1. The molecule has 1 rings (SSSR count). The number of thiocarbonyl (C=S) groups is 1. The molecule has 0 bridgehead atoms. The summed E-state index contributed by atoms with van der Waals surface area (Å²) in [5.74, 6) is -0.178. The van der Waals surface area contributed by atoms with Gasteiger partial charge in [-0.15, -0.1) is 0 Å². The van der Waals surface area contributed by atoms with Crippen molar-refractivity contribution in [3.8, 4) is 0 Å². The van der Waals surface area contributed by atoms with Crippen molar-refractivity contribution in [2.24, 2.45) is 5.73 Å². The molecule has 1 fully saturated rings. The predicted molar refractivity (Wildman–Crippen MR) is 62.6 cm³/mol. The van der Waals surface area contributed by atoms with E-state index in [2.05, 4.69) is 9.64 Å². The number of methoxy groups -OCH3 is 1. The van der Waals surface area contributed by atoms with Gasteiger partial charge in [-0.1, -0.05) is 18.6 Å². The largest absolute Gasteiger partial charge is 0.469 e. The second kappa shape index (κ2) is 6.02. The third kappa shape index (κ3) is 3.76. The van der Waals surface area contributed by atoms with E-state index in [4.69, 9.17) is 18.0 Å². The van der Waals surface area contributed by atoms with Crippen molar-refractivity contribution < 1.29 is 9.53 Å². The van der Waals surface area contributed by atoms with Crippen molar-refractivity contribution in [3.05, 3.63) is 0 Å². The minimum absolute atomic E-state index is 0.165. The summed E-state index contributed by atoms with van der Waals surface area (Å²) in [6.45, 7) is 1.66. The molecule has 1 unspecified atom stereocenters. The van der Waals surface area contributed by atoms with Gasteiger partial charge in [0.05, 0.1) is 24.6 Å². The number of carbonyl (C=O) groups is 1. The fraction of sp³-hybridized carbons (Fsp3) is 0.800. The Morgan fingerprint density at radius 1 is 1.60 bits per heavy atom. The van der Waals surface area contributed by atoms with Gasteiger partial charge in [0.15, 0.2) is 0 Å². The van der Waals surface area contributed by atoms with Gasteiger partial charge in [0, 0.05) is 6.54 Å². The van der Waals surface area contributed by atoms with Crippen LogP contribution in [0.15, 0.2) is 0 Å². The van der Waals surface area contributed by atoms with Crippen molar-refractivity contribution in [1.82, 2.24) is 4.90 Å². The molecule has 0 aliphatic carbocycles. The van der Waals surface area contributed by atoms with Crippen LogP contribution in [-0.2, 0) is 9.53 Å². The van der Waals surface area contributed by atoms with E-state index in [1.54, 1.807) is 0 Å². The van der Waals surface area contributed by atoms with Crippen molar-refractivity contribution in [3.63, 3.8) is 0 Å². The summed E-state index contributed by atoms with van der Waals surface area (Å²) in [5, 5.41) is 0. The van der Waals surface area contributed by atoms with Crippen LogP contribution in [-0.4, -0.2) is 42.1 Å². The minimum atomic E-state index is -0.178. The highest BCUT2D eigenvalue weighted by atomic mass is 32.1. The summed E-state index contributed by atoms with van der Waals surface area (Å²) in [6, 6.07) is 0.165. The summed E-state index contributed by atoms with van der Waals surface area (Å²) < 4.78 is 4.61. The smallest absolute Gasteiger partial charge is 0.306 e. The minimum Gasteiger partial charge on any atom is -0.469 e. The highest BCUT2D eigenvalue weighted by Gasteiger charge is 2.24. The van der Waals surface area contributed by atoms with Crippen LogP contribution < -0.4 is 5.73 Å². The Hall–Kier alpha value is -0.680. The zero-order valence-corrected chi connectivity index (χ0v) is 9.89. The van der Waals surface area contributed by atoms with Crippen molar-refractivity contribution in [1.29, 1.82) is 0 Å². The lowest BCUT2D eigenvalue weighted by Gasteiger charge is -2.34. The number of piperidine rings is 1. The van der Waals surface area contributed by atoms with Gasteiger partial charge in [0.1, 0.15) is 0 Å². The predicted octanol–water partition coefficient (Wildman–Crippen LogP) is 0.690. The van der Waals surface area contributed by atoms with E-state index in [1.807, 2.05) is 0 Å². The van der Waals surface area contributed by atoms with Crippen LogP contribution in [0.3, 0.4) is 0 Å². The number of esters is 1. The highest BCUT2D eigenvalue weighted by Crippen LogP contribution is 2.17. The van der Waals surface area contributed by atoms with E-state index in [0.717, 1.165) is 25.8 Å². The molecule has 1 atom stereocenters. The molecule has 5 heteroatoms. The number of carbonyl (C=O) groups excluding carboxylic acids is 1. The van der Waals surface area contributed by atoms with Gasteiger partial charge >= 0.3 is 5.97 Å². The lowest BCUT2D eigenvalue weighted by Crippen LogP contribution is -2.47. The van der Waals surface area contributed by atoms with E-state index in [1.165, 1.54) is 7.11 Å². The first-order valence-electron chi connectivity index (χ1n) is 5.25. The van der Waals surface area contributed by atoms with Crippen LogP contribution in [0.2, 0.25) is 0 Å². The van der Waals surface area contributed by atoms with E-state index >= 15 is 0 Å². The van der Waals surface area contributed by atoms with Crippen LogP contribution in [0.4, 0.5) is 0 Å². The molecule has 0 aromatic heterocycles. The Kier molecular flexibility index (Phi) is 4.98. The molecule has 4 nitrogen and oxygen atoms in total. The average molecular weight is 230 g/mol. The standard InChI is InChI=1S/C10H18N2O2S/c1-14-9(13)5-7-12-6-3-2-4-8(12)10(11)15/h8H,2-7H2,1H3,(H2,11,15). The summed E-state index contributed by atoms with van der Waals surface area (Å²) in [4.78, 5) is 13.7. The Bertz CT molecular complexity index is 246. The Labute approximate surface area is 95.8 Å². The number of nitrogens with zero attached hydrogens (tertiary/aromatic N) is 1. The zero-order chi connectivity index (χ0) is 11.3. The Morgan fingerprint density at radius 2 is 2.33 bits per heavy atom. The van der Waals surface area contributed by atoms with Gasteiger partial charge in [-0.3, -0.25) is 9.69 Å². The molecule has 0 amide bonds. The molecule has 0 spiro atoms. The zero-order valence-electron chi connectivity index (χ0n) is 9.07. The topological polar surface area (TPSA) is 55.6 Å². The molecule has 1 aliphatic heterocycles. The molecule has 86 valence electrons. The second-order valence-electron chi connectivity index (χ2n) is 3.78. The van der Waals surface area contributed by atoms with Crippen LogP contribution in [0.1, 0.15) is 25.7 Å². The number of hydrogen-bond donors (Lipinski definition) is 1. The summed E-state index contributed by atoms with van der Waals surface area (Å²) in [7, 11) is 1.41. The molecule has 1 heterocycles. The van der Waals surface area contributed by atoms with Crippen LogP contribution in [0, 0.1) is 0 Å². The van der Waals surface area contributed by atoms with Gasteiger partial charge in [0.2, 0.25) is 0 Å². The molecule has 0 saturated carbocycles. The molecular formula is C10H18N2O2S. The molecule has 1 saturated heterocycles. The third-order valence-corrected chi connectivity index (χ3v) is 3.04. The van der Waals surface area contributed by atoms with Crippen molar-refractivity contribution in [2.45, 2.75) is 31.7 Å². The SMILES string of the molecule is COC(=O)CCN1CCCCC1C(N)=S. The third-order valence-electron chi connectivity index (χ3n) is 2.77. The molecule has 15 heavy (non-hydrogen) atoms. The normalized spacial score (nSPS) is 22.3. The number of likely N-dealkylation sites (tertiary alicyclic amines) is 1. The van der Waals surface area contributed by atoms with Crippen LogP contribution in [0.25, 0.3) is 0 Å². The quantitative estimate of drug-likeness (QED) is 0.569. The number of ether oxygens (including phenoxy) is 1. The summed E-state index contributed by atoms with van der Waals surface area (Å²) in [6.07, 6.45) is 3.74. The number of rotatable bonds is 4. The van der Waals surface area contributed by atoms with E-state index in [0.29, 0.717) is 18.0 Å². The van der Waals surface area contributed by atoms with Gasteiger partial charge in [-0.05, 0) is 19.4 Å². The molecule has 0 aromatic rings. The maximum atomic E-state index is 11.0. The fourth-order valence-corrected chi connectivity index (χ4v) is 2.18. The molecule has 2 N–H and O–H groups in total. The van der Waals surface area contributed by atoms with Gasteiger partial charge < -0.3 is 10.5 Å². The monoisotopic (exact) mass is 230 g/mol. The fourth-order valence-electron chi connectivity index (χ4n) is 1.92. The lowest BCUT2D eigenvalue weighted by molar-refractivity contribution is -0.141. The first-order chi connectivity index (χ1) is 7.15. The van der Waals surface area contributed by atoms with Crippen LogP contribution in [0.5, 0.6) is 0 Å². The average Bonchev–Trinajstić information content (AvgIpc) is 2.26. The van der Waals surface area contributed by atoms with Crippen molar-refractivity contribution >= 4 is 23.2 Å². The van der Waals surface area contributed by atoms with E-state index in [9.17, 15) is 4.79 Å². The Balaban J connectivity index is 2.42. The highest BCUT2D eigenvalue weighted by molar-refractivity contribution is 7.80. The van der Waals surface area contributed by atoms with E-state index in [-0.39, 0.29) is 12.0 Å². The van der Waals surface area contributed by atoms with E-state index < -0.39 is 0 Å². The van der Waals surface area contributed by atoms with Gasteiger partial charge in [0.25, 0.3) is 0 Å². The second-order valence-corrected chi connectivity index (χ2v) is 4.25. The van der Waals surface area contributed by atoms with Gasteiger partial charge in [-0.25, -0.2) is 0 Å². The molecule has 0 radical (unpaired) electrons. The lowest BCUT2D eigenvalue weighted by atomic mass is 10.0. The maximum Gasteiger partial charge on any atom is 0.306 e. The summed E-state index contributed by atoms with van der Waals surface area (Å²) in [5.41, 5.74) is 5.67. The maximum absolute atomic E-state index is 11.0.